The summed E-state index contributed by atoms with van der Waals surface area (Å²) in [5, 5.41) is 0.257. The van der Waals surface area contributed by atoms with E-state index in [1.54, 1.807) is 6.92 Å². The molecule has 19 heavy (non-hydrogen) atoms. The Morgan fingerprint density at radius 1 is 1.05 bits per heavy atom. The van der Waals surface area contributed by atoms with E-state index in [1.165, 1.54) is 0 Å². The highest BCUT2D eigenvalue weighted by atomic mass is 35.5. The largest absolute Gasteiger partial charge is 0.293 e. The van der Waals surface area contributed by atoms with Crippen molar-refractivity contribution in [1.82, 2.24) is 0 Å². The lowest BCUT2D eigenvalue weighted by Crippen LogP contribution is -2.00. The second-order valence-corrected chi connectivity index (χ2v) is 5.31. The Labute approximate surface area is 120 Å². The van der Waals surface area contributed by atoms with Gasteiger partial charge in [0.1, 0.15) is 5.82 Å². The Hall–Kier alpha value is -1.38. The molecule has 3 rings (SSSR count). The van der Waals surface area contributed by atoms with E-state index in [0.29, 0.717) is 11.1 Å². The molecule has 1 atom stereocenters. The summed E-state index contributed by atoms with van der Waals surface area (Å²) in [6.45, 7) is 1.67. The van der Waals surface area contributed by atoms with Crippen molar-refractivity contribution < 1.29 is 9.18 Å². The summed E-state index contributed by atoms with van der Waals surface area (Å²) in [6, 6.07) is 9.17. The molecule has 0 saturated heterocycles. The first kappa shape index (κ1) is 12.6. The van der Waals surface area contributed by atoms with Crippen LogP contribution in [0, 0.1) is 5.82 Å². The van der Waals surface area contributed by atoms with E-state index in [4.69, 9.17) is 23.2 Å². The molecule has 2 aromatic rings. The summed E-state index contributed by atoms with van der Waals surface area (Å²) in [5.74, 6) is -1.39. The van der Waals surface area contributed by atoms with Gasteiger partial charge in [0, 0.05) is 17.0 Å². The van der Waals surface area contributed by atoms with Gasteiger partial charge in [-0.1, -0.05) is 60.5 Å². The van der Waals surface area contributed by atoms with Crippen molar-refractivity contribution in [3.05, 3.63) is 57.3 Å². The minimum absolute atomic E-state index is 0.0103. The van der Waals surface area contributed by atoms with Gasteiger partial charge in [-0.05, 0) is 5.56 Å². The number of carbonyl (C=O) groups is 1. The van der Waals surface area contributed by atoms with Crippen molar-refractivity contribution in [1.29, 1.82) is 0 Å². The van der Waals surface area contributed by atoms with Crippen molar-refractivity contribution in [3.63, 3.8) is 0 Å². The van der Waals surface area contributed by atoms with Crippen molar-refractivity contribution >= 4 is 29.0 Å². The number of ketones is 1. The fourth-order valence-electron chi connectivity index (χ4n) is 2.54. The summed E-state index contributed by atoms with van der Waals surface area (Å²) in [7, 11) is 0. The summed E-state index contributed by atoms with van der Waals surface area (Å²) in [5.41, 5.74) is 1.55. The van der Waals surface area contributed by atoms with Gasteiger partial charge in [0.15, 0.2) is 5.78 Å². The quantitative estimate of drug-likeness (QED) is 0.669. The molecule has 0 heterocycles. The molecule has 0 N–H and O–H groups in total. The van der Waals surface area contributed by atoms with Crippen LogP contribution in [0.15, 0.2) is 30.3 Å². The molecule has 2 bridgehead atoms. The first-order valence-corrected chi connectivity index (χ1v) is 6.59. The van der Waals surface area contributed by atoms with E-state index in [2.05, 4.69) is 0 Å². The molecular weight excluding hydrogens is 286 g/mol. The molecule has 0 radical (unpaired) electrons. The highest BCUT2D eigenvalue weighted by molar-refractivity contribution is 6.46. The molecule has 1 aliphatic carbocycles. The van der Waals surface area contributed by atoms with Crippen molar-refractivity contribution in [3.8, 4) is 11.1 Å². The standard InChI is InChI=1S/C15H9Cl2FO/c1-7-9-10(8-5-3-2-4-6-8)12(16)13(17)11(14(9)18)15(7)19/h2-7H,1H3. The Balaban J connectivity index is 2.41. The van der Waals surface area contributed by atoms with Gasteiger partial charge in [0.2, 0.25) is 0 Å². The topological polar surface area (TPSA) is 17.1 Å². The van der Waals surface area contributed by atoms with E-state index in [1.807, 2.05) is 30.3 Å². The molecule has 0 saturated carbocycles. The average molecular weight is 295 g/mol. The summed E-state index contributed by atoms with van der Waals surface area (Å²) in [6.07, 6.45) is 0. The minimum Gasteiger partial charge on any atom is -0.293 e. The third-order valence-corrected chi connectivity index (χ3v) is 4.34. The summed E-state index contributed by atoms with van der Waals surface area (Å²) in [4.78, 5) is 12.0. The molecule has 4 heteroatoms. The second kappa shape index (κ2) is 4.32. The van der Waals surface area contributed by atoms with E-state index >= 15 is 0 Å². The van der Waals surface area contributed by atoms with Crippen LogP contribution in [0.5, 0.6) is 0 Å². The van der Waals surface area contributed by atoms with E-state index in [9.17, 15) is 9.18 Å². The molecular formula is C15H9Cl2FO. The number of carbonyl (C=O) groups excluding carboxylic acids is 1. The fraction of sp³-hybridized carbons (Fsp3) is 0.133. The Morgan fingerprint density at radius 2 is 1.63 bits per heavy atom. The molecule has 1 nitrogen and oxygen atoms in total. The summed E-state index contributed by atoms with van der Waals surface area (Å²) < 4.78 is 14.3. The van der Waals surface area contributed by atoms with Gasteiger partial charge in [-0.3, -0.25) is 4.79 Å². The molecule has 96 valence electrons. The van der Waals surface area contributed by atoms with Crippen LogP contribution in [0.25, 0.3) is 11.1 Å². The smallest absolute Gasteiger partial charge is 0.174 e. The van der Waals surface area contributed by atoms with Crippen molar-refractivity contribution in [2.45, 2.75) is 12.8 Å². The number of fused-ring (bicyclic) bond motifs is 2. The monoisotopic (exact) mass is 294 g/mol. The van der Waals surface area contributed by atoms with E-state index in [-0.39, 0.29) is 21.4 Å². The zero-order chi connectivity index (χ0) is 13.7. The van der Waals surface area contributed by atoms with Gasteiger partial charge in [-0.15, -0.1) is 0 Å². The van der Waals surface area contributed by atoms with Gasteiger partial charge in [-0.25, -0.2) is 4.39 Å². The summed E-state index contributed by atoms with van der Waals surface area (Å²) >= 11 is 12.3. The van der Waals surface area contributed by atoms with Gasteiger partial charge in [-0.2, -0.15) is 0 Å². The first-order valence-electron chi connectivity index (χ1n) is 5.84. The molecule has 0 aliphatic heterocycles. The zero-order valence-corrected chi connectivity index (χ0v) is 11.5. The Bertz CT molecular complexity index is 695. The molecule has 0 spiro atoms. The number of hydrogen-bond acceptors (Lipinski definition) is 1. The predicted octanol–water partition coefficient (Wildman–Crippen LogP) is 5.10. The zero-order valence-electron chi connectivity index (χ0n) is 10.0. The number of halogens is 3. The van der Waals surface area contributed by atoms with Crippen LogP contribution in [0.2, 0.25) is 10.0 Å². The molecule has 0 amide bonds. The maximum Gasteiger partial charge on any atom is 0.174 e. The van der Waals surface area contributed by atoms with Gasteiger partial charge >= 0.3 is 0 Å². The highest BCUT2D eigenvalue weighted by Gasteiger charge is 2.39. The molecule has 0 fully saturated rings. The Kier molecular flexibility index (Phi) is 2.88. The SMILES string of the molecule is CC1C(=O)c2c(F)c1c(-c1ccccc1)c(Cl)c2Cl. The number of hydrogen-bond donors (Lipinski definition) is 0. The normalized spacial score (nSPS) is 17.1. The van der Waals surface area contributed by atoms with Crippen LogP contribution in [0.4, 0.5) is 4.39 Å². The molecule has 2 aromatic carbocycles. The van der Waals surface area contributed by atoms with Crippen LogP contribution in [0.3, 0.4) is 0 Å². The average Bonchev–Trinajstić information content (AvgIpc) is 2.59. The maximum absolute atomic E-state index is 14.3. The van der Waals surface area contributed by atoms with Crippen molar-refractivity contribution in [2.75, 3.05) is 0 Å². The van der Waals surface area contributed by atoms with Crippen LogP contribution in [-0.2, 0) is 0 Å². The van der Waals surface area contributed by atoms with Crippen LogP contribution < -0.4 is 0 Å². The minimum atomic E-state index is -0.546. The van der Waals surface area contributed by atoms with E-state index in [0.717, 1.165) is 5.56 Å². The third-order valence-electron chi connectivity index (χ3n) is 3.49. The molecule has 1 unspecified atom stereocenters. The number of rotatable bonds is 1. The fourth-order valence-corrected chi connectivity index (χ4v) is 3.11. The predicted molar refractivity (Wildman–Crippen MR) is 74.6 cm³/mol. The number of Topliss-reactive ketones (excluding diaryl/α,β-unsaturated/α-hetero) is 1. The Morgan fingerprint density at radius 3 is 2.26 bits per heavy atom. The lowest BCUT2D eigenvalue weighted by Gasteiger charge is -2.12. The second-order valence-electron chi connectivity index (χ2n) is 4.56. The maximum atomic E-state index is 14.3. The first-order chi connectivity index (χ1) is 9.04. The lowest BCUT2D eigenvalue weighted by molar-refractivity contribution is 0.0974. The van der Waals surface area contributed by atoms with Gasteiger partial charge < -0.3 is 0 Å². The van der Waals surface area contributed by atoms with Crippen LogP contribution >= 0.6 is 23.2 Å². The third kappa shape index (κ3) is 1.63. The van der Waals surface area contributed by atoms with Crippen LogP contribution in [0.1, 0.15) is 28.8 Å². The molecule has 0 aromatic heterocycles. The van der Waals surface area contributed by atoms with Crippen molar-refractivity contribution in [2.24, 2.45) is 0 Å². The van der Waals surface area contributed by atoms with Gasteiger partial charge in [0.25, 0.3) is 0 Å². The highest BCUT2D eigenvalue weighted by Crippen LogP contribution is 2.49. The van der Waals surface area contributed by atoms with Crippen LogP contribution in [-0.4, -0.2) is 5.78 Å². The number of benzene rings is 2. The molecule has 1 aliphatic rings. The van der Waals surface area contributed by atoms with E-state index < -0.39 is 11.7 Å². The lowest BCUT2D eigenvalue weighted by atomic mass is 9.95. The van der Waals surface area contributed by atoms with Gasteiger partial charge in [0.05, 0.1) is 15.6 Å².